The zero-order valence-electron chi connectivity index (χ0n) is 9.67. The van der Waals surface area contributed by atoms with Crippen LogP contribution in [0.15, 0.2) is 23.1 Å². The van der Waals surface area contributed by atoms with E-state index in [2.05, 4.69) is 20.8 Å². The fourth-order valence-electron chi connectivity index (χ4n) is 1.21. The van der Waals surface area contributed by atoms with Gasteiger partial charge in [-0.15, -0.1) is 11.8 Å². The zero-order chi connectivity index (χ0) is 11.6. The number of hydrogen-bond acceptors (Lipinski definition) is 2. The first-order valence-electron chi connectivity index (χ1n) is 5.03. The molecule has 0 fully saturated rings. The van der Waals surface area contributed by atoms with Crippen LogP contribution < -0.4 is 5.73 Å². The standard InChI is InChI=1S/C12H18FNS/c1-8(14)9-5-6-11(10(13)7-9)15-12(2,3)4/h5-8H,14H2,1-4H3. The van der Waals surface area contributed by atoms with Crippen LogP contribution in [0.3, 0.4) is 0 Å². The Bertz CT molecular complexity index is 342. The summed E-state index contributed by atoms with van der Waals surface area (Å²) in [6, 6.07) is 5.11. The Hall–Kier alpha value is -0.540. The van der Waals surface area contributed by atoms with Gasteiger partial charge in [-0.1, -0.05) is 26.8 Å². The molecule has 0 radical (unpaired) electrons. The number of rotatable bonds is 2. The van der Waals surface area contributed by atoms with E-state index in [4.69, 9.17) is 5.73 Å². The molecule has 0 aliphatic heterocycles. The Morgan fingerprint density at radius 3 is 2.33 bits per heavy atom. The third kappa shape index (κ3) is 3.84. The molecule has 0 heterocycles. The van der Waals surface area contributed by atoms with Gasteiger partial charge >= 0.3 is 0 Å². The van der Waals surface area contributed by atoms with Gasteiger partial charge in [-0.05, 0) is 24.6 Å². The lowest BCUT2D eigenvalue weighted by atomic mass is 10.1. The second kappa shape index (κ2) is 4.54. The lowest BCUT2D eigenvalue weighted by Crippen LogP contribution is -2.08. The second-order valence-corrected chi connectivity index (χ2v) is 6.56. The van der Waals surface area contributed by atoms with Crippen LogP contribution in [0.4, 0.5) is 4.39 Å². The SMILES string of the molecule is CC(N)c1ccc(SC(C)(C)C)c(F)c1. The van der Waals surface area contributed by atoms with Gasteiger partial charge in [0.2, 0.25) is 0 Å². The molecule has 0 aliphatic rings. The molecular formula is C12H18FNS. The maximum Gasteiger partial charge on any atom is 0.137 e. The van der Waals surface area contributed by atoms with Crippen LogP contribution in [-0.4, -0.2) is 4.75 Å². The van der Waals surface area contributed by atoms with Gasteiger partial charge in [0, 0.05) is 15.7 Å². The molecule has 0 aromatic heterocycles. The summed E-state index contributed by atoms with van der Waals surface area (Å²) in [5.74, 6) is -0.176. The third-order valence-electron chi connectivity index (χ3n) is 1.90. The lowest BCUT2D eigenvalue weighted by Gasteiger charge is -2.18. The summed E-state index contributed by atoms with van der Waals surface area (Å²) in [5.41, 5.74) is 6.53. The summed E-state index contributed by atoms with van der Waals surface area (Å²) in [6.45, 7) is 8.05. The smallest absolute Gasteiger partial charge is 0.137 e. The van der Waals surface area contributed by atoms with E-state index in [-0.39, 0.29) is 16.6 Å². The maximum atomic E-state index is 13.7. The van der Waals surface area contributed by atoms with Gasteiger partial charge in [-0.2, -0.15) is 0 Å². The molecular weight excluding hydrogens is 209 g/mol. The van der Waals surface area contributed by atoms with Crippen LogP contribution in [-0.2, 0) is 0 Å². The minimum Gasteiger partial charge on any atom is -0.324 e. The minimum atomic E-state index is -0.176. The first kappa shape index (κ1) is 12.5. The van der Waals surface area contributed by atoms with Crippen molar-refractivity contribution in [1.29, 1.82) is 0 Å². The van der Waals surface area contributed by atoms with E-state index in [0.717, 1.165) is 5.56 Å². The van der Waals surface area contributed by atoms with Crippen LogP contribution in [0, 0.1) is 5.82 Å². The molecule has 1 rings (SSSR count). The highest BCUT2D eigenvalue weighted by molar-refractivity contribution is 8.00. The molecule has 0 spiro atoms. The summed E-state index contributed by atoms with van der Waals surface area (Å²) in [7, 11) is 0. The molecule has 0 saturated carbocycles. The summed E-state index contributed by atoms with van der Waals surface area (Å²) >= 11 is 1.53. The van der Waals surface area contributed by atoms with Gasteiger partial charge in [0.15, 0.2) is 0 Å². The molecule has 0 aliphatic carbocycles. The number of halogens is 1. The highest BCUT2D eigenvalue weighted by atomic mass is 32.2. The molecule has 1 nitrogen and oxygen atoms in total. The third-order valence-corrected chi connectivity index (χ3v) is 3.06. The van der Waals surface area contributed by atoms with Gasteiger partial charge in [0.25, 0.3) is 0 Å². The molecule has 0 saturated heterocycles. The van der Waals surface area contributed by atoms with Gasteiger partial charge < -0.3 is 5.73 Å². The van der Waals surface area contributed by atoms with Crippen LogP contribution in [0.2, 0.25) is 0 Å². The van der Waals surface area contributed by atoms with Crippen molar-refractivity contribution in [2.75, 3.05) is 0 Å². The number of hydrogen-bond donors (Lipinski definition) is 1. The average molecular weight is 227 g/mol. The van der Waals surface area contributed by atoms with Gasteiger partial charge in [0.05, 0.1) is 0 Å². The van der Waals surface area contributed by atoms with Crippen molar-refractivity contribution < 1.29 is 4.39 Å². The van der Waals surface area contributed by atoms with Crippen molar-refractivity contribution in [2.45, 2.75) is 43.4 Å². The lowest BCUT2D eigenvalue weighted by molar-refractivity contribution is 0.595. The Kier molecular flexibility index (Phi) is 3.79. The minimum absolute atomic E-state index is 0.0245. The first-order valence-corrected chi connectivity index (χ1v) is 5.85. The first-order chi connectivity index (χ1) is 6.79. The van der Waals surface area contributed by atoms with E-state index in [9.17, 15) is 4.39 Å². The predicted octanol–water partition coefficient (Wildman–Crippen LogP) is 3.74. The van der Waals surface area contributed by atoms with Crippen LogP contribution >= 0.6 is 11.8 Å². The van der Waals surface area contributed by atoms with Gasteiger partial charge in [-0.3, -0.25) is 0 Å². The Balaban J connectivity index is 2.94. The zero-order valence-corrected chi connectivity index (χ0v) is 10.5. The molecule has 1 aromatic carbocycles. The monoisotopic (exact) mass is 227 g/mol. The summed E-state index contributed by atoms with van der Waals surface area (Å²) in [6.07, 6.45) is 0. The van der Waals surface area contributed by atoms with Crippen molar-refractivity contribution in [3.8, 4) is 0 Å². The van der Waals surface area contributed by atoms with Crippen LogP contribution in [0.1, 0.15) is 39.3 Å². The number of nitrogens with two attached hydrogens (primary N) is 1. The fraction of sp³-hybridized carbons (Fsp3) is 0.500. The van der Waals surface area contributed by atoms with E-state index in [0.29, 0.717) is 4.90 Å². The quantitative estimate of drug-likeness (QED) is 0.779. The van der Waals surface area contributed by atoms with Crippen molar-refractivity contribution in [2.24, 2.45) is 5.73 Å². The molecule has 2 N–H and O–H groups in total. The van der Waals surface area contributed by atoms with E-state index in [1.807, 2.05) is 19.1 Å². The molecule has 0 amide bonds. The Morgan fingerprint density at radius 1 is 1.33 bits per heavy atom. The van der Waals surface area contributed by atoms with Crippen molar-refractivity contribution in [1.82, 2.24) is 0 Å². The van der Waals surface area contributed by atoms with Crippen molar-refractivity contribution >= 4 is 11.8 Å². The fourth-order valence-corrected chi connectivity index (χ4v) is 2.17. The Morgan fingerprint density at radius 2 is 1.93 bits per heavy atom. The normalized spacial score (nSPS) is 14.0. The summed E-state index contributed by atoms with van der Waals surface area (Å²) in [4.78, 5) is 0.687. The number of benzene rings is 1. The largest absolute Gasteiger partial charge is 0.324 e. The van der Waals surface area contributed by atoms with Crippen molar-refractivity contribution in [3.63, 3.8) is 0 Å². The second-order valence-electron chi connectivity index (χ2n) is 4.69. The van der Waals surface area contributed by atoms with E-state index >= 15 is 0 Å². The molecule has 15 heavy (non-hydrogen) atoms. The van der Waals surface area contributed by atoms with E-state index in [1.54, 1.807) is 0 Å². The Labute approximate surface area is 95.2 Å². The number of thioether (sulfide) groups is 1. The van der Waals surface area contributed by atoms with Crippen LogP contribution in [0.5, 0.6) is 0 Å². The molecule has 3 heteroatoms. The average Bonchev–Trinajstić information content (AvgIpc) is 2.05. The van der Waals surface area contributed by atoms with Crippen molar-refractivity contribution in [3.05, 3.63) is 29.6 Å². The maximum absolute atomic E-state index is 13.7. The molecule has 1 atom stereocenters. The molecule has 1 aromatic rings. The predicted molar refractivity (Wildman–Crippen MR) is 64.6 cm³/mol. The van der Waals surface area contributed by atoms with Gasteiger partial charge in [-0.25, -0.2) is 4.39 Å². The molecule has 84 valence electrons. The summed E-state index contributed by atoms with van der Waals surface area (Å²) in [5, 5.41) is 0. The highest BCUT2D eigenvalue weighted by Crippen LogP contribution is 2.34. The van der Waals surface area contributed by atoms with E-state index in [1.165, 1.54) is 17.8 Å². The summed E-state index contributed by atoms with van der Waals surface area (Å²) < 4.78 is 13.7. The van der Waals surface area contributed by atoms with E-state index < -0.39 is 0 Å². The molecule has 0 bridgehead atoms. The molecule has 1 unspecified atom stereocenters. The van der Waals surface area contributed by atoms with Gasteiger partial charge in [0.1, 0.15) is 5.82 Å². The topological polar surface area (TPSA) is 26.0 Å². The highest BCUT2D eigenvalue weighted by Gasteiger charge is 2.15. The van der Waals surface area contributed by atoms with Crippen LogP contribution in [0.25, 0.3) is 0 Å².